The van der Waals surface area contributed by atoms with Crippen LogP contribution in [0.25, 0.3) is 5.65 Å². The van der Waals surface area contributed by atoms with Crippen LogP contribution in [-0.2, 0) is 10.0 Å². The number of imidazole rings is 1. The number of carbonyl (C=O) groups excluding carboxylic acids is 1. The highest BCUT2D eigenvalue weighted by atomic mass is 32.2. The monoisotopic (exact) mass is 510 g/mol. The van der Waals surface area contributed by atoms with Gasteiger partial charge in [0.1, 0.15) is 11.6 Å². The molecule has 2 aliphatic rings. The molecule has 36 heavy (non-hydrogen) atoms. The molecule has 188 valence electrons. The SMILES string of the molecule is CC(C)S(=O)(=O)N1C=CC(NC(=O)c2cnc3ccc(N4CCC[C@@H]4c4cccc(F)c4)nn23)=CC1. The lowest BCUT2D eigenvalue weighted by Gasteiger charge is -2.26. The molecule has 4 heterocycles. The van der Waals surface area contributed by atoms with Crippen molar-refractivity contribution in [2.75, 3.05) is 18.0 Å². The first-order valence-corrected chi connectivity index (χ1v) is 13.3. The van der Waals surface area contributed by atoms with Crippen molar-refractivity contribution in [1.82, 2.24) is 24.2 Å². The molecule has 5 rings (SSSR count). The molecule has 2 aromatic heterocycles. The van der Waals surface area contributed by atoms with Crippen LogP contribution >= 0.6 is 0 Å². The maximum absolute atomic E-state index is 13.8. The average molecular weight is 511 g/mol. The second kappa shape index (κ2) is 9.38. The first kappa shape index (κ1) is 24.0. The molecule has 1 N–H and O–H groups in total. The van der Waals surface area contributed by atoms with Crippen LogP contribution in [0, 0.1) is 5.82 Å². The number of amides is 1. The summed E-state index contributed by atoms with van der Waals surface area (Å²) >= 11 is 0. The average Bonchev–Trinajstić information content (AvgIpc) is 3.51. The van der Waals surface area contributed by atoms with Crippen molar-refractivity contribution in [3.63, 3.8) is 0 Å². The van der Waals surface area contributed by atoms with Gasteiger partial charge in [-0.15, -0.1) is 5.10 Å². The van der Waals surface area contributed by atoms with Crippen LogP contribution in [0.2, 0.25) is 0 Å². The molecule has 9 nitrogen and oxygen atoms in total. The zero-order valence-corrected chi connectivity index (χ0v) is 20.8. The fourth-order valence-electron chi connectivity index (χ4n) is 4.50. The largest absolute Gasteiger partial charge is 0.348 e. The number of halogens is 1. The minimum atomic E-state index is -3.42. The summed E-state index contributed by atoms with van der Waals surface area (Å²) in [6, 6.07) is 10.3. The van der Waals surface area contributed by atoms with Crippen LogP contribution in [0.3, 0.4) is 0 Å². The number of aromatic nitrogens is 3. The molecule has 0 spiro atoms. The molecule has 2 aliphatic heterocycles. The van der Waals surface area contributed by atoms with Gasteiger partial charge in [-0.1, -0.05) is 12.1 Å². The van der Waals surface area contributed by atoms with Crippen LogP contribution in [0.1, 0.15) is 48.8 Å². The van der Waals surface area contributed by atoms with Crippen LogP contribution in [0.15, 0.2) is 66.6 Å². The van der Waals surface area contributed by atoms with Crippen LogP contribution in [0.4, 0.5) is 10.2 Å². The highest BCUT2D eigenvalue weighted by Gasteiger charge is 2.28. The number of nitrogens with one attached hydrogen (secondary N) is 1. The van der Waals surface area contributed by atoms with E-state index in [1.54, 1.807) is 44.2 Å². The quantitative estimate of drug-likeness (QED) is 0.546. The van der Waals surface area contributed by atoms with Crippen LogP contribution in [-0.4, -0.2) is 51.6 Å². The second-order valence-corrected chi connectivity index (χ2v) is 11.5. The number of allylic oxidation sites excluding steroid dienone is 1. The summed E-state index contributed by atoms with van der Waals surface area (Å²) in [5, 5.41) is 6.96. The minimum absolute atomic E-state index is 0.00552. The van der Waals surface area contributed by atoms with Gasteiger partial charge in [0.15, 0.2) is 11.3 Å². The van der Waals surface area contributed by atoms with Gasteiger partial charge < -0.3 is 10.2 Å². The Bertz CT molecular complexity index is 1480. The summed E-state index contributed by atoms with van der Waals surface area (Å²) in [6.45, 7) is 4.15. The molecule has 1 fully saturated rings. The molecule has 11 heteroatoms. The topological polar surface area (TPSA) is 99.9 Å². The van der Waals surface area contributed by atoms with E-state index in [9.17, 15) is 17.6 Å². The maximum Gasteiger partial charge on any atom is 0.276 e. The van der Waals surface area contributed by atoms with Gasteiger partial charge in [-0.25, -0.2) is 22.3 Å². The molecule has 1 saturated heterocycles. The number of carbonyl (C=O) groups is 1. The lowest BCUT2D eigenvalue weighted by Crippen LogP contribution is -2.35. The molecule has 0 unspecified atom stereocenters. The number of benzene rings is 1. The van der Waals surface area contributed by atoms with Gasteiger partial charge >= 0.3 is 0 Å². The number of hydrogen-bond acceptors (Lipinski definition) is 6. The van der Waals surface area contributed by atoms with E-state index in [-0.39, 0.29) is 24.1 Å². The second-order valence-electron chi connectivity index (χ2n) is 9.10. The number of rotatable bonds is 6. The third-order valence-electron chi connectivity index (χ3n) is 6.45. The van der Waals surface area contributed by atoms with Gasteiger partial charge in [0.2, 0.25) is 10.0 Å². The van der Waals surface area contributed by atoms with Crippen molar-refractivity contribution < 1.29 is 17.6 Å². The van der Waals surface area contributed by atoms with E-state index < -0.39 is 21.2 Å². The molecular weight excluding hydrogens is 483 g/mol. The molecule has 0 radical (unpaired) electrons. The summed E-state index contributed by atoms with van der Waals surface area (Å²) in [5.74, 6) is -0.00809. The summed E-state index contributed by atoms with van der Waals surface area (Å²) < 4.78 is 41.2. The van der Waals surface area contributed by atoms with Gasteiger partial charge in [-0.3, -0.25) is 9.10 Å². The smallest absolute Gasteiger partial charge is 0.276 e. The Hall–Kier alpha value is -3.73. The molecule has 0 saturated carbocycles. The third kappa shape index (κ3) is 4.46. The van der Waals surface area contributed by atoms with Crippen molar-refractivity contribution in [2.45, 2.75) is 38.0 Å². The van der Waals surface area contributed by atoms with E-state index in [2.05, 4.69) is 15.2 Å². The number of nitrogens with zero attached hydrogens (tertiary/aromatic N) is 5. The van der Waals surface area contributed by atoms with E-state index in [1.807, 2.05) is 12.1 Å². The van der Waals surface area contributed by atoms with Crippen molar-refractivity contribution in [3.05, 3.63) is 83.7 Å². The van der Waals surface area contributed by atoms with Gasteiger partial charge in [0, 0.05) is 18.4 Å². The lowest BCUT2D eigenvalue weighted by atomic mass is 10.0. The Morgan fingerprint density at radius 1 is 1.22 bits per heavy atom. The van der Waals surface area contributed by atoms with E-state index in [4.69, 9.17) is 5.10 Å². The molecule has 1 aromatic carbocycles. The molecule has 1 amide bonds. The van der Waals surface area contributed by atoms with E-state index in [1.165, 1.54) is 27.3 Å². The van der Waals surface area contributed by atoms with E-state index in [0.717, 1.165) is 24.9 Å². The Labute approximate surface area is 209 Å². The molecule has 1 atom stereocenters. The molecule has 0 bridgehead atoms. The van der Waals surface area contributed by atoms with Crippen molar-refractivity contribution in [1.29, 1.82) is 0 Å². The minimum Gasteiger partial charge on any atom is -0.348 e. The Kier molecular flexibility index (Phi) is 6.25. The summed E-state index contributed by atoms with van der Waals surface area (Å²) in [5.41, 5.74) is 2.15. The van der Waals surface area contributed by atoms with Gasteiger partial charge in [-0.2, -0.15) is 0 Å². The normalized spacial score (nSPS) is 18.2. The molecule has 0 aliphatic carbocycles. The van der Waals surface area contributed by atoms with E-state index >= 15 is 0 Å². The molecular formula is C25H27FN6O3S. The predicted octanol–water partition coefficient (Wildman–Crippen LogP) is 3.39. The van der Waals surface area contributed by atoms with Crippen LogP contribution < -0.4 is 10.2 Å². The number of anilines is 1. The fraction of sp³-hybridized carbons (Fsp3) is 0.320. The number of hydrogen-bond donors (Lipinski definition) is 1. The van der Waals surface area contributed by atoms with E-state index in [0.29, 0.717) is 17.2 Å². The Balaban J connectivity index is 1.36. The number of sulfonamides is 1. The first-order valence-electron chi connectivity index (χ1n) is 11.8. The number of fused-ring (bicyclic) bond motifs is 1. The van der Waals surface area contributed by atoms with Crippen molar-refractivity contribution in [2.24, 2.45) is 0 Å². The zero-order chi connectivity index (χ0) is 25.4. The van der Waals surface area contributed by atoms with Crippen LogP contribution in [0.5, 0.6) is 0 Å². The fourth-order valence-corrected chi connectivity index (χ4v) is 5.56. The van der Waals surface area contributed by atoms with Crippen molar-refractivity contribution in [3.8, 4) is 0 Å². The highest BCUT2D eigenvalue weighted by Crippen LogP contribution is 2.35. The third-order valence-corrected chi connectivity index (χ3v) is 8.57. The standard InChI is InChI=1S/C25H27FN6O3S/c1-17(2)36(34,35)30-13-10-20(11-14-30)28-25(33)22-16-27-23-8-9-24(29-32(22)23)31-12-4-7-21(31)18-5-3-6-19(26)15-18/h3,5-6,8-11,13,15-17,21H,4,7,12,14H2,1-2H3,(H,28,33)/t21-/m1/s1. The summed E-state index contributed by atoms with van der Waals surface area (Å²) in [6.07, 6.45) is 7.94. The van der Waals surface area contributed by atoms with Gasteiger partial charge in [0.05, 0.1) is 24.0 Å². The summed E-state index contributed by atoms with van der Waals surface area (Å²) in [4.78, 5) is 19.5. The summed E-state index contributed by atoms with van der Waals surface area (Å²) in [7, 11) is -3.42. The highest BCUT2D eigenvalue weighted by molar-refractivity contribution is 7.89. The van der Waals surface area contributed by atoms with Gasteiger partial charge in [0.25, 0.3) is 5.91 Å². The Morgan fingerprint density at radius 2 is 2.06 bits per heavy atom. The first-order chi connectivity index (χ1) is 17.2. The maximum atomic E-state index is 13.8. The Morgan fingerprint density at radius 3 is 2.78 bits per heavy atom. The van der Waals surface area contributed by atoms with Crippen molar-refractivity contribution >= 4 is 27.4 Å². The molecule has 3 aromatic rings. The predicted molar refractivity (Wildman–Crippen MR) is 134 cm³/mol. The zero-order valence-electron chi connectivity index (χ0n) is 20.0. The van der Waals surface area contributed by atoms with Gasteiger partial charge in [-0.05, 0) is 68.7 Å². The lowest BCUT2D eigenvalue weighted by molar-refractivity contribution is 0.0960.